The molecule has 0 aliphatic carbocycles. The number of nitrogens with two attached hydrogens (primary N) is 1. The maximum absolute atomic E-state index is 9.39. The van der Waals surface area contributed by atoms with E-state index in [4.69, 9.17) is 5.73 Å². The number of rotatable bonds is 3. The molecule has 16 heavy (non-hydrogen) atoms. The Bertz CT molecular complexity index is 493. The Morgan fingerprint density at radius 2 is 2.19 bits per heavy atom. The number of thiazole rings is 1. The van der Waals surface area contributed by atoms with Gasteiger partial charge < -0.3 is 10.8 Å². The van der Waals surface area contributed by atoms with Gasteiger partial charge in [-0.15, -0.1) is 0 Å². The predicted octanol–water partition coefficient (Wildman–Crippen LogP) is 2.61. The first-order chi connectivity index (χ1) is 7.61. The van der Waals surface area contributed by atoms with Crippen LogP contribution in [0.5, 0.6) is 0 Å². The summed E-state index contributed by atoms with van der Waals surface area (Å²) in [5, 5.41) is 9.98. The van der Waals surface area contributed by atoms with Crippen LogP contribution < -0.4 is 5.73 Å². The van der Waals surface area contributed by atoms with E-state index in [1.807, 2.05) is 12.1 Å². The van der Waals surface area contributed by atoms with Gasteiger partial charge in [0, 0.05) is 5.92 Å². The highest BCUT2D eigenvalue weighted by molar-refractivity contribution is 7.22. The molecule has 86 valence electrons. The van der Waals surface area contributed by atoms with Crippen molar-refractivity contribution in [3.8, 4) is 0 Å². The summed E-state index contributed by atoms with van der Waals surface area (Å²) in [6.45, 7) is 4.41. The van der Waals surface area contributed by atoms with E-state index in [0.29, 0.717) is 11.0 Å². The molecule has 0 aliphatic heterocycles. The van der Waals surface area contributed by atoms with Crippen LogP contribution in [0, 0.1) is 5.92 Å². The average Bonchev–Trinajstić information content (AvgIpc) is 2.57. The molecule has 1 aromatic heterocycles. The van der Waals surface area contributed by atoms with Crippen LogP contribution in [0.3, 0.4) is 0 Å². The molecule has 4 heteroatoms. The zero-order chi connectivity index (χ0) is 11.7. The van der Waals surface area contributed by atoms with Crippen molar-refractivity contribution < 1.29 is 5.11 Å². The molecular formula is C12H16N2OS. The van der Waals surface area contributed by atoms with Gasteiger partial charge in [0.15, 0.2) is 5.13 Å². The SMILES string of the molecule is CC(C)C(CO)c1ccc2nc(N)sc2c1. The Labute approximate surface area is 98.9 Å². The van der Waals surface area contributed by atoms with Gasteiger partial charge >= 0.3 is 0 Å². The van der Waals surface area contributed by atoms with Gasteiger partial charge in [0.25, 0.3) is 0 Å². The van der Waals surface area contributed by atoms with Crippen molar-refractivity contribution in [3.63, 3.8) is 0 Å². The Balaban J connectivity index is 2.44. The molecule has 0 spiro atoms. The van der Waals surface area contributed by atoms with Gasteiger partial charge in [0.05, 0.1) is 16.8 Å². The van der Waals surface area contributed by atoms with Gasteiger partial charge in [0.2, 0.25) is 0 Å². The first kappa shape index (κ1) is 11.4. The van der Waals surface area contributed by atoms with E-state index in [0.717, 1.165) is 15.8 Å². The standard InChI is InChI=1S/C12H16N2OS/c1-7(2)9(6-15)8-3-4-10-11(5-8)16-12(13)14-10/h3-5,7,9,15H,6H2,1-2H3,(H2,13,14). The highest BCUT2D eigenvalue weighted by atomic mass is 32.1. The number of hydrogen-bond acceptors (Lipinski definition) is 4. The molecule has 1 heterocycles. The minimum Gasteiger partial charge on any atom is -0.396 e. The molecule has 3 nitrogen and oxygen atoms in total. The third-order valence-electron chi connectivity index (χ3n) is 2.86. The number of aliphatic hydroxyl groups excluding tert-OH is 1. The Kier molecular flexibility index (Phi) is 3.12. The minimum atomic E-state index is 0.178. The number of fused-ring (bicyclic) bond motifs is 1. The number of nitrogen functional groups attached to an aromatic ring is 1. The maximum Gasteiger partial charge on any atom is 0.181 e. The van der Waals surface area contributed by atoms with Crippen molar-refractivity contribution >= 4 is 26.7 Å². The molecule has 1 aromatic carbocycles. The van der Waals surface area contributed by atoms with Crippen LogP contribution in [0.25, 0.3) is 10.2 Å². The summed E-state index contributed by atoms with van der Waals surface area (Å²) in [4.78, 5) is 4.22. The van der Waals surface area contributed by atoms with Crippen LogP contribution in [0.15, 0.2) is 18.2 Å². The molecular weight excluding hydrogens is 220 g/mol. The van der Waals surface area contributed by atoms with Crippen molar-refractivity contribution in [2.24, 2.45) is 5.92 Å². The predicted molar refractivity (Wildman–Crippen MR) is 68.7 cm³/mol. The third-order valence-corrected chi connectivity index (χ3v) is 3.71. The molecule has 0 bridgehead atoms. The summed E-state index contributed by atoms with van der Waals surface area (Å²) in [6.07, 6.45) is 0. The summed E-state index contributed by atoms with van der Waals surface area (Å²) < 4.78 is 1.09. The number of hydrogen-bond donors (Lipinski definition) is 2. The van der Waals surface area contributed by atoms with E-state index in [1.165, 1.54) is 11.3 Å². The summed E-state index contributed by atoms with van der Waals surface area (Å²) >= 11 is 1.49. The fraction of sp³-hybridized carbons (Fsp3) is 0.417. The number of aromatic nitrogens is 1. The molecule has 0 fully saturated rings. The van der Waals surface area contributed by atoms with Gasteiger partial charge in [-0.1, -0.05) is 31.3 Å². The van der Waals surface area contributed by atoms with Crippen LogP contribution in [0.4, 0.5) is 5.13 Å². The zero-order valence-electron chi connectivity index (χ0n) is 9.47. The number of benzene rings is 1. The lowest BCUT2D eigenvalue weighted by Gasteiger charge is -2.18. The molecule has 2 rings (SSSR count). The van der Waals surface area contributed by atoms with E-state index in [1.54, 1.807) is 0 Å². The van der Waals surface area contributed by atoms with E-state index in [9.17, 15) is 5.11 Å². The van der Waals surface area contributed by atoms with Crippen molar-refractivity contribution in [1.82, 2.24) is 4.98 Å². The van der Waals surface area contributed by atoms with Crippen LogP contribution in [0.2, 0.25) is 0 Å². The first-order valence-corrected chi connectivity index (χ1v) is 6.20. The molecule has 3 N–H and O–H groups in total. The largest absolute Gasteiger partial charge is 0.396 e. The quantitative estimate of drug-likeness (QED) is 0.861. The number of anilines is 1. The lowest BCUT2D eigenvalue weighted by atomic mass is 9.89. The fourth-order valence-corrected chi connectivity index (χ4v) is 2.67. The summed E-state index contributed by atoms with van der Waals surface area (Å²) in [5.74, 6) is 0.612. The van der Waals surface area contributed by atoms with Crippen LogP contribution in [0.1, 0.15) is 25.3 Å². The molecule has 0 saturated heterocycles. The fourth-order valence-electron chi connectivity index (χ4n) is 1.89. The molecule has 2 aromatic rings. The van der Waals surface area contributed by atoms with E-state index >= 15 is 0 Å². The highest BCUT2D eigenvalue weighted by Gasteiger charge is 2.15. The van der Waals surface area contributed by atoms with Gasteiger partial charge in [0.1, 0.15) is 0 Å². The summed E-state index contributed by atoms with van der Waals surface area (Å²) in [5.41, 5.74) is 7.76. The van der Waals surface area contributed by atoms with Crippen molar-refractivity contribution in [2.75, 3.05) is 12.3 Å². The molecule has 0 saturated carbocycles. The Morgan fingerprint density at radius 3 is 2.81 bits per heavy atom. The molecule has 1 atom stereocenters. The summed E-state index contributed by atoms with van der Waals surface area (Å²) in [7, 11) is 0. The topological polar surface area (TPSA) is 59.1 Å². The van der Waals surface area contributed by atoms with Crippen LogP contribution in [-0.4, -0.2) is 16.7 Å². The van der Waals surface area contributed by atoms with Gasteiger partial charge in [-0.3, -0.25) is 0 Å². The van der Waals surface area contributed by atoms with Crippen LogP contribution >= 0.6 is 11.3 Å². The normalized spacial score (nSPS) is 13.5. The van der Waals surface area contributed by atoms with Gasteiger partial charge in [-0.2, -0.15) is 0 Å². The second-order valence-electron chi connectivity index (χ2n) is 4.31. The molecule has 0 aliphatic rings. The Morgan fingerprint density at radius 1 is 1.44 bits per heavy atom. The van der Waals surface area contributed by atoms with E-state index in [2.05, 4.69) is 24.9 Å². The number of aliphatic hydroxyl groups is 1. The number of nitrogens with zero attached hydrogens (tertiary/aromatic N) is 1. The minimum absolute atomic E-state index is 0.178. The van der Waals surface area contributed by atoms with Gasteiger partial charge in [-0.05, 0) is 23.6 Å². The second kappa shape index (κ2) is 4.39. The van der Waals surface area contributed by atoms with Crippen molar-refractivity contribution in [1.29, 1.82) is 0 Å². The van der Waals surface area contributed by atoms with Crippen molar-refractivity contribution in [2.45, 2.75) is 19.8 Å². The molecule has 1 unspecified atom stereocenters. The monoisotopic (exact) mass is 236 g/mol. The Hall–Kier alpha value is -1.13. The molecule has 0 radical (unpaired) electrons. The maximum atomic E-state index is 9.39. The smallest absolute Gasteiger partial charge is 0.181 e. The van der Waals surface area contributed by atoms with E-state index in [-0.39, 0.29) is 12.5 Å². The summed E-state index contributed by atoms with van der Waals surface area (Å²) in [6, 6.07) is 6.09. The second-order valence-corrected chi connectivity index (χ2v) is 5.37. The zero-order valence-corrected chi connectivity index (χ0v) is 10.3. The lowest BCUT2D eigenvalue weighted by Crippen LogP contribution is -2.10. The first-order valence-electron chi connectivity index (χ1n) is 5.38. The van der Waals surface area contributed by atoms with Crippen molar-refractivity contribution in [3.05, 3.63) is 23.8 Å². The average molecular weight is 236 g/mol. The van der Waals surface area contributed by atoms with Gasteiger partial charge in [-0.25, -0.2) is 4.98 Å². The third kappa shape index (κ3) is 2.03. The van der Waals surface area contributed by atoms with E-state index < -0.39 is 0 Å². The van der Waals surface area contributed by atoms with Crippen LogP contribution in [-0.2, 0) is 0 Å². The molecule has 0 amide bonds. The highest BCUT2D eigenvalue weighted by Crippen LogP contribution is 2.30. The lowest BCUT2D eigenvalue weighted by molar-refractivity contribution is 0.237.